The molecule has 1 aromatic heterocycles. The number of nitrogens with zero attached hydrogens (tertiary/aromatic N) is 2. The smallest absolute Gasteiger partial charge is 0.183 e. The van der Waals surface area contributed by atoms with Gasteiger partial charge in [-0.05, 0) is 39.7 Å². The highest BCUT2D eigenvalue weighted by molar-refractivity contribution is 5.49. The van der Waals surface area contributed by atoms with Gasteiger partial charge in [-0.2, -0.15) is 5.26 Å². The molecule has 0 aliphatic heterocycles. The molecule has 0 spiro atoms. The van der Waals surface area contributed by atoms with Crippen molar-refractivity contribution in [3.8, 4) is 17.6 Å². The van der Waals surface area contributed by atoms with Gasteiger partial charge in [0.05, 0.1) is 19.4 Å². The molecule has 5 nitrogen and oxygen atoms in total. The van der Waals surface area contributed by atoms with Gasteiger partial charge < -0.3 is 14.8 Å². The molecule has 5 heteroatoms. The third-order valence-electron chi connectivity index (χ3n) is 3.92. The van der Waals surface area contributed by atoms with Crippen LogP contribution in [0.2, 0.25) is 0 Å². The first-order valence-corrected chi connectivity index (χ1v) is 6.97. The Hall–Kier alpha value is -1.80. The topological polar surface area (TPSA) is 67.2 Å². The minimum Gasteiger partial charge on any atom is -0.493 e. The summed E-state index contributed by atoms with van der Waals surface area (Å²) < 4.78 is 11.3. The van der Waals surface area contributed by atoms with Crippen LogP contribution < -0.4 is 14.8 Å². The zero-order valence-electron chi connectivity index (χ0n) is 12.3. The van der Waals surface area contributed by atoms with Crippen molar-refractivity contribution in [2.24, 2.45) is 0 Å². The second-order valence-corrected chi connectivity index (χ2v) is 5.12. The second-order valence-electron chi connectivity index (χ2n) is 5.12. The molecule has 0 atom stereocenters. The van der Waals surface area contributed by atoms with Crippen LogP contribution in [0.15, 0.2) is 6.20 Å². The van der Waals surface area contributed by atoms with Gasteiger partial charge in [0, 0.05) is 11.6 Å². The number of hydrogen-bond acceptors (Lipinski definition) is 5. The lowest BCUT2D eigenvalue weighted by molar-refractivity contribution is 0.139. The Balaban J connectivity index is 2.09. The Bertz CT molecular complexity index is 503. The van der Waals surface area contributed by atoms with Crippen LogP contribution in [0.4, 0.5) is 0 Å². The van der Waals surface area contributed by atoms with E-state index in [9.17, 15) is 0 Å². The lowest BCUT2D eigenvalue weighted by atomic mass is 9.93. The fourth-order valence-corrected chi connectivity index (χ4v) is 2.67. The Labute approximate surface area is 119 Å². The van der Waals surface area contributed by atoms with Gasteiger partial charge >= 0.3 is 0 Å². The molecule has 1 aliphatic carbocycles. The van der Waals surface area contributed by atoms with Gasteiger partial charge in [0.15, 0.2) is 11.4 Å². The van der Waals surface area contributed by atoms with Gasteiger partial charge in [0.25, 0.3) is 0 Å². The summed E-state index contributed by atoms with van der Waals surface area (Å²) in [4.78, 5) is 4.10. The van der Waals surface area contributed by atoms with E-state index in [2.05, 4.69) is 10.3 Å². The summed E-state index contributed by atoms with van der Waals surface area (Å²) in [6.45, 7) is 1.90. The van der Waals surface area contributed by atoms with Crippen LogP contribution in [0, 0.1) is 18.3 Å². The molecule has 1 N–H and O–H groups in total. The summed E-state index contributed by atoms with van der Waals surface area (Å²) in [7, 11) is 3.55. The molecule has 0 radical (unpaired) electrons. The van der Waals surface area contributed by atoms with Crippen molar-refractivity contribution >= 4 is 0 Å². The molecule has 1 aromatic rings. The second kappa shape index (κ2) is 6.58. The molecule has 0 bridgehead atoms. The molecule has 0 aromatic carbocycles. The van der Waals surface area contributed by atoms with E-state index in [0.29, 0.717) is 23.2 Å². The van der Waals surface area contributed by atoms with Gasteiger partial charge in [-0.3, -0.25) is 0 Å². The van der Waals surface area contributed by atoms with Crippen LogP contribution in [0.3, 0.4) is 0 Å². The zero-order chi connectivity index (χ0) is 14.5. The Morgan fingerprint density at radius 1 is 1.35 bits per heavy atom. The van der Waals surface area contributed by atoms with Crippen LogP contribution in [0.1, 0.15) is 36.9 Å². The molecule has 20 heavy (non-hydrogen) atoms. The minimum absolute atomic E-state index is 0.220. The van der Waals surface area contributed by atoms with Crippen molar-refractivity contribution in [3.05, 3.63) is 17.5 Å². The summed E-state index contributed by atoms with van der Waals surface area (Å²) in [5.74, 6) is 1.22. The van der Waals surface area contributed by atoms with Crippen molar-refractivity contribution < 1.29 is 9.47 Å². The predicted octanol–water partition coefficient (Wildman–Crippen LogP) is 2.18. The summed E-state index contributed by atoms with van der Waals surface area (Å²) >= 11 is 0. The number of nitriles is 1. The Morgan fingerprint density at radius 3 is 2.60 bits per heavy atom. The number of methoxy groups -OCH3 is 1. The zero-order valence-corrected chi connectivity index (χ0v) is 12.3. The molecule has 1 fully saturated rings. The number of hydrogen-bond donors (Lipinski definition) is 1. The first-order valence-electron chi connectivity index (χ1n) is 6.97. The van der Waals surface area contributed by atoms with Crippen LogP contribution in [-0.4, -0.2) is 31.3 Å². The van der Waals surface area contributed by atoms with Gasteiger partial charge in [-0.25, -0.2) is 4.98 Å². The van der Waals surface area contributed by atoms with Crippen molar-refractivity contribution in [1.82, 2.24) is 10.3 Å². The third kappa shape index (κ3) is 3.02. The quantitative estimate of drug-likeness (QED) is 0.912. The summed E-state index contributed by atoms with van der Waals surface area (Å²) in [5, 5.41) is 12.3. The summed E-state index contributed by atoms with van der Waals surface area (Å²) in [6, 6.07) is 2.63. The number of rotatable bonds is 4. The highest BCUT2D eigenvalue weighted by atomic mass is 16.5. The summed E-state index contributed by atoms with van der Waals surface area (Å²) in [6.07, 6.45) is 6.17. The SMILES string of the molecule is CNC1CCC(Oc2cnc(C#N)c(OC)c2C)CC1. The van der Waals surface area contributed by atoms with E-state index in [1.807, 2.05) is 20.0 Å². The predicted molar refractivity (Wildman–Crippen MR) is 76.0 cm³/mol. The molecule has 0 saturated heterocycles. The molecule has 1 saturated carbocycles. The lowest BCUT2D eigenvalue weighted by Crippen LogP contribution is -2.34. The van der Waals surface area contributed by atoms with Crippen molar-refractivity contribution in [2.75, 3.05) is 14.2 Å². The summed E-state index contributed by atoms with van der Waals surface area (Å²) in [5.41, 5.74) is 1.14. The Kier molecular flexibility index (Phi) is 4.80. The van der Waals surface area contributed by atoms with Crippen LogP contribution in [0.5, 0.6) is 11.5 Å². The molecule has 0 unspecified atom stereocenters. The van der Waals surface area contributed by atoms with E-state index < -0.39 is 0 Å². The van der Waals surface area contributed by atoms with Gasteiger partial charge in [-0.1, -0.05) is 0 Å². The van der Waals surface area contributed by atoms with E-state index in [1.54, 1.807) is 13.3 Å². The average Bonchev–Trinajstić information content (AvgIpc) is 2.49. The number of ether oxygens (including phenoxy) is 2. The fraction of sp³-hybridized carbons (Fsp3) is 0.600. The van der Waals surface area contributed by atoms with Crippen LogP contribution in [0.25, 0.3) is 0 Å². The molecule has 1 aliphatic rings. The van der Waals surface area contributed by atoms with Gasteiger partial charge in [-0.15, -0.1) is 0 Å². The first kappa shape index (κ1) is 14.6. The first-order chi connectivity index (χ1) is 9.69. The monoisotopic (exact) mass is 275 g/mol. The maximum absolute atomic E-state index is 9.00. The minimum atomic E-state index is 0.220. The van der Waals surface area contributed by atoms with E-state index in [0.717, 1.165) is 31.2 Å². The van der Waals surface area contributed by atoms with Gasteiger partial charge in [0.1, 0.15) is 11.8 Å². The van der Waals surface area contributed by atoms with E-state index in [1.165, 1.54) is 0 Å². The van der Waals surface area contributed by atoms with Crippen molar-refractivity contribution in [2.45, 2.75) is 44.8 Å². The normalized spacial score (nSPS) is 22.1. The molecule has 1 heterocycles. The van der Waals surface area contributed by atoms with E-state index in [4.69, 9.17) is 14.7 Å². The molecule has 0 amide bonds. The van der Waals surface area contributed by atoms with Gasteiger partial charge in [0.2, 0.25) is 0 Å². The standard InChI is InChI=1S/C15H21N3O2/c1-10-14(9-18-13(8-16)15(10)19-3)20-12-6-4-11(17-2)5-7-12/h9,11-12,17H,4-7H2,1-3H3. The molecular weight excluding hydrogens is 254 g/mol. The number of aromatic nitrogens is 1. The van der Waals surface area contributed by atoms with Crippen LogP contribution >= 0.6 is 0 Å². The lowest BCUT2D eigenvalue weighted by Gasteiger charge is -2.29. The maximum Gasteiger partial charge on any atom is 0.183 e. The molecule has 108 valence electrons. The van der Waals surface area contributed by atoms with Crippen LogP contribution in [-0.2, 0) is 0 Å². The Morgan fingerprint density at radius 2 is 2.05 bits per heavy atom. The maximum atomic E-state index is 9.00. The van der Waals surface area contributed by atoms with Crippen molar-refractivity contribution in [3.63, 3.8) is 0 Å². The third-order valence-corrected chi connectivity index (χ3v) is 3.92. The number of nitrogens with one attached hydrogen (secondary N) is 1. The average molecular weight is 275 g/mol. The number of pyridine rings is 1. The fourth-order valence-electron chi connectivity index (χ4n) is 2.67. The van der Waals surface area contributed by atoms with E-state index >= 15 is 0 Å². The highest BCUT2D eigenvalue weighted by Gasteiger charge is 2.23. The largest absolute Gasteiger partial charge is 0.493 e. The molecular formula is C15H21N3O2. The van der Waals surface area contributed by atoms with E-state index in [-0.39, 0.29) is 6.10 Å². The molecule has 2 rings (SSSR count). The van der Waals surface area contributed by atoms with Crippen molar-refractivity contribution in [1.29, 1.82) is 5.26 Å². The highest BCUT2D eigenvalue weighted by Crippen LogP contribution is 2.31.